The Morgan fingerprint density at radius 1 is 1.24 bits per heavy atom. The Morgan fingerprint density at radius 3 is 2.56 bits per heavy atom. The van der Waals surface area contributed by atoms with Crippen LogP contribution in [-0.2, 0) is 9.53 Å². The van der Waals surface area contributed by atoms with Crippen molar-refractivity contribution in [2.45, 2.75) is 13.0 Å². The minimum Gasteiger partial charge on any atom is -0.507 e. The zero-order valence-electron chi connectivity index (χ0n) is 13.4. The summed E-state index contributed by atoms with van der Waals surface area (Å²) in [7, 11) is 0. The maximum atomic E-state index is 12.3. The van der Waals surface area contributed by atoms with Gasteiger partial charge in [0.05, 0.1) is 0 Å². The largest absolute Gasteiger partial charge is 0.507 e. The molecule has 0 aliphatic carbocycles. The molecule has 1 atom stereocenters. The number of ether oxygens (including phenoxy) is 1. The number of carbonyl (C=O) groups is 3. The average molecular weight is 344 g/mol. The third kappa shape index (κ3) is 2.93. The number of imide groups is 1. The number of phenolic OH excluding ortho intramolecular Hbond substituents is 2. The molecule has 0 spiro atoms. The van der Waals surface area contributed by atoms with Crippen molar-refractivity contribution < 1.29 is 29.3 Å². The van der Waals surface area contributed by atoms with E-state index in [1.54, 1.807) is 24.3 Å². The minimum absolute atomic E-state index is 0.196. The summed E-state index contributed by atoms with van der Waals surface area (Å²) in [6, 6.07) is 7.01. The van der Waals surface area contributed by atoms with Gasteiger partial charge in [-0.05, 0) is 13.0 Å². The van der Waals surface area contributed by atoms with Crippen molar-refractivity contribution in [2.24, 2.45) is 0 Å². The number of nitrogens with zero attached hydrogens (tertiary/aromatic N) is 1. The van der Waals surface area contributed by atoms with Gasteiger partial charge in [0.2, 0.25) is 0 Å². The van der Waals surface area contributed by atoms with Gasteiger partial charge in [-0.1, -0.05) is 24.3 Å². The second-order valence-electron chi connectivity index (χ2n) is 5.61. The molecule has 0 saturated carbocycles. The van der Waals surface area contributed by atoms with Gasteiger partial charge in [-0.2, -0.15) is 0 Å². The fourth-order valence-electron chi connectivity index (χ4n) is 2.67. The first-order valence-corrected chi connectivity index (χ1v) is 7.64. The highest BCUT2D eigenvalue weighted by atomic mass is 16.5. The van der Waals surface area contributed by atoms with Gasteiger partial charge in [-0.15, -0.1) is 0 Å². The van der Waals surface area contributed by atoms with Crippen LogP contribution in [0.4, 0.5) is 4.79 Å². The van der Waals surface area contributed by atoms with Gasteiger partial charge >= 0.3 is 12.0 Å². The molecule has 3 N–H and O–H groups in total. The molecule has 2 aromatic carbocycles. The molecule has 3 amide bonds. The molecular weight excluding hydrogens is 328 g/mol. The molecule has 1 saturated heterocycles. The Balaban J connectivity index is 1.84. The topological polar surface area (TPSA) is 116 Å². The van der Waals surface area contributed by atoms with Crippen LogP contribution in [0, 0.1) is 0 Å². The maximum absolute atomic E-state index is 12.3. The van der Waals surface area contributed by atoms with Crippen molar-refractivity contribution in [3.8, 4) is 11.5 Å². The van der Waals surface area contributed by atoms with Crippen LogP contribution in [0.25, 0.3) is 10.8 Å². The molecular formula is C17H16N2O6. The monoisotopic (exact) mass is 344 g/mol. The lowest BCUT2D eigenvalue weighted by Crippen LogP contribution is -2.41. The number of fused-ring (bicyclic) bond motifs is 1. The zero-order chi connectivity index (χ0) is 18.1. The van der Waals surface area contributed by atoms with Crippen LogP contribution in [0.1, 0.15) is 17.3 Å². The van der Waals surface area contributed by atoms with E-state index in [0.717, 1.165) is 11.0 Å². The SMILES string of the molecule is C[C@H](OC(=O)c1cc(O)c2ccccc2c1O)C(=O)N1CCNC1=O. The van der Waals surface area contributed by atoms with Crippen molar-refractivity contribution in [1.29, 1.82) is 0 Å². The molecule has 3 rings (SSSR count). The molecule has 8 nitrogen and oxygen atoms in total. The number of benzene rings is 2. The first-order chi connectivity index (χ1) is 11.9. The number of nitrogens with one attached hydrogen (secondary N) is 1. The quantitative estimate of drug-likeness (QED) is 0.572. The van der Waals surface area contributed by atoms with Gasteiger partial charge in [0.1, 0.15) is 17.1 Å². The van der Waals surface area contributed by atoms with Crippen molar-refractivity contribution >= 4 is 28.7 Å². The fraction of sp³-hybridized carbons (Fsp3) is 0.235. The molecule has 0 radical (unpaired) electrons. The van der Waals surface area contributed by atoms with Crippen LogP contribution in [0.15, 0.2) is 30.3 Å². The van der Waals surface area contributed by atoms with E-state index < -0.39 is 24.0 Å². The van der Waals surface area contributed by atoms with E-state index in [1.165, 1.54) is 6.92 Å². The molecule has 1 aliphatic heterocycles. The number of rotatable bonds is 3. The van der Waals surface area contributed by atoms with Crippen LogP contribution < -0.4 is 5.32 Å². The van der Waals surface area contributed by atoms with Gasteiger partial charge in [-0.25, -0.2) is 9.59 Å². The number of amides is 3. The van der Waals surface area contributed by atoms with Crippen molar-refractivity contribution in [3.05, 3.63) is 35.9 Å². The normalized spacial score (nSPS) is 15.1. The summed E-state index contributed by atoms with van der Waals surface area (Å²) in [6.07, 6.45) is -1.22. The zero-order valence-corrected chi connectivity index (χ0v) is 13.4. The summed E-state index contributed by atoms with van der Waals surface area (Å²) in [5, 5.41) is 23.5. The molecule has 1 heterocycles. The van der Waals surface area contributed by atoms with E-state index >= 15 is 0 Å². The van der Waals surface area contributed by atoms with Crippen molar-refractivity contribution in [2.75, 3.05) is 13.1 Å². The molecule has 1 fully saturated rings. The number of hydrogen-bond donors (Lipinski definition) is 3. The standard InChI is InChI=1S/C17H16N2O6/c1-9(15(22)19-7-6-18-17(19)24)25-16(23)12-8-13(20)10-4-2-3-5-11(10)14(12)21/h2-5,8-9,20-21H,6-7H2,1H3,(H,18,24)/t9-/m0/s1. The molecule has 1 aliphatic rings. The van der Waals surface area contributed by atoms with Crippen LogP contribution in [0.5, 0.6) is 11.5 Å². The van der Waals surface area contributed by atoms with Gasteiger partial charge < -0.3 is 20.3 Å². The van der Waals surface area contributed by atoms with E-state index in [2.05, 4.69) is 5.32 Å². The van der Waals surface area contributed by atoms with Gasteiger partial charge in [0.25, 0.3) is 5.91 Å². The van der Waals surface area contributed by atoms with E-state index in [1.807, 2.05) is 0 Å². The Labute approximate surface area is 142 Å². The predicted octanol–water partition coefficient (Wildman–Crippen LogP) is 1.35. The highest BCUT2D eigenvalue weighted by molar-refractivity contribution is 6.05. The minimum atomic E-state index is -1.22. The molecule has 8 heteroatoms. The number of phenols is 2. The van der Waals surface area contributed by atoms with Crippen LogP contribution in [0.2, 0.25) is 0 Å². The van der Waals surface area contributed by atoms with Crippen LogP contribution in [-0.4, -0.2) is 52.2 Å². The second kappa shape index (κ2) is 6.31. The molecule has 0 aromatic heterocycles. The van der Waals surface area contributed by atoms with E-state index in [0.29, 0.717) is 11.9 Å². The third-order valence-electron chi connectivity index (χ3n) is 3.97. The van der Waals surface area contributed by atoms with Crippen LogP contribution in [0.3, 0.4) is 0 Å². The van der Waals surface area contributed by atoms with Crippen molar-refractivity contribution in [3.63, 3.8) is 0 Å². The lowest BCUT2D eigenvalue weighted by Gasteiger charge is -2.18. The molecule has 130 valence electrons. The van der Waals surface area contributed by atoms with E-state index in [9.17, 15) is 24.6 Å². The number of esters is 1. The van der Waals surface area contributed by atoms with Crippen molar-refractivity contribution in [1.82, 2.24) is 10.2 Å². The molecule has 0 bridgehead atoms. The smallest absolute Gasteiger partial charge is 0.342 e. The third-order valence-corrected chi connectivity index (χ3v) is 3.97. The highest BCUT2D eigenvalue weighted by Gasteiger charge is 2.32. The predicted molar refractivity (Wildman–Crippen MR) is 87.3 cm³/mol. The lowest BCUT2D eigenvalue weighted by molar-refractivity contribution is -0.136. The first-order valence-electron chi connectivity index (χ1n) is 7.64. The summed E-state index contributed by atoms with van der Waals surface area (Å²) in [5.41, 5.74) is -0.262. The molecule has 2 aromatic rings. The van der Waals surface area contributed by atoms with Gasteiger partial charge in [-0.3, -0.25) is 9.69 Å². The Kier molecular flexibility index (Phi) is 4.18. The summed E-state index contributed by atoms with van der Waals surface area (Å²) >= 11 is 0. The number of hydrogen-bond acceptors (Lipinski definition) is 6. The number of carbonyl (C=O) groups excluding carboxylic acids is 3. The second-order valence-corrected chi connectivity index (χ2v) is 5.61. The Morgan fingerprint density at radius 2 is 1.92 bits per heavy atom. The van der Waals surface area contributed by atoms with E-state index in [-0.39, 0.29) is 29.0 Å². The average Bonchev–Trinajstić information content (AvgIpc) is 3.03. The Hall–Kier alpha value is -3.29. The lowest BCUT2D eigenvalue weighted by atomic mass is 10.0. The van der Waals surface area contributed by atoms with E-state index in [4.69, 9.17) is 4.74 Å². The first kappa shape index (κ1) is 16.6. The van der Waals surface area contributed by atoms with Crippen LogP contribution >= 0.6 is 0 Å². The molecule has 0 unspecified atom stereocenters. The van der Waals surface area contributed by atoms with Gasteiger partial charge in [0, 0.05) is 23.9 Å². The highest BCUT2D eigenvalue weighted by Crippen LogP contribution is 2.35. The molecule has 25 heavy (non-hydrogen) atoms. The fourth-order valence-corrected chi connectivity index (χ4v) is 2.67. The Bertz CT molecular complexity index is 879. The number of urea groups is 1. The summed E-state index contributed by atoms with van der Waals surface area (Å²) in [5.74, 6) is -2.18. The summed E-state index contributed by atoms with van der Waals surface area (Å²) in [4.78, 5) is 36.9. The summed E-state index contributed by atoms with van der Waals surface area (Å²) in [6.45, 7) is 1.87. The maximum Gasteiger partial charge on any atom is 0.342 e. The van der Waals surface area contributed by atoms with Gasteiger partial charge in [0.15, 0.2) is 6.10 Å². The summed E-state index contributed by atoms with van der Waals surface area (Å²) < 4.78 is 5.06. The number of aromatic hydroxyl groups is 2.